The average molecular weight is 247 g/mol. The fourth-order valence-corrected chi connectivity index (χ4v) is 1.47. The zero-order valence-electron chi connectivity index (χ0n) is 9.34. The number of carbonyl (C=O) groups is 1. The number of rotatable bonds is 4. The number of Topliss-reactive ketones (excluding diaryl/α,β-unsaturated/α-hetero) is 1. The molecule has 1 unspecified atom stereocenters. The van der Waals surface area contributed by atoms with Crippen LogP contribution in [0.25, 0.3) is 0 Å². The summed E-state index contributed by atoms with van der Waals surface area (Å²) < 4.78 is 39.4. The topological polar surface area (TPSA) is 38.3 Å². The second-order valence-corrected chi connectivity index (χ2v) is 3.45. The first-order valence-electron chi connectivity index (χ1n) is 4.87. The number of likely N-dealkylation sites (N-methyl/N-ethyl adjacent to an activating group) is 1. The van der Waals surface area contributed by atoms with E-state index in [2.05, 4.69) is 10.1 Å². The molecule has 0 amide bonds. The van der Waals surface area contributed by atoms with Gasteiger partial charge >= 0.3 is 6.36 Å². The summed E-state index contributed by atoms with van der Waals surface area (Å²) in [5, 5.41) is 2.77. The molecule has 0 fully saturated rings. The van der Waals surface area contributed by atoms with Crippen LogP contribution in [-0.2, 0) is 4.79 Å². The molecule has 0 radical (unpaired) electrons. The van der Waals surface area contributed by atoms with Gasteiger partial charge in [0.25, 0.3) is 0 Å². The van der Waals surface area contributed by atoms with Gasteiger partial charge in [-0.1, -0.05) is 12.1 Å². The van der Waals surface area contributed by atoms with E-state index in [0.717, 1.165) is 0 Å². The van der Waals surface area contributed by atoms with Crippen LogP contribution in [0.15, 0.2) is 24.3 Å². The SMILES string of the molecule is CNC(C(C)=O)c1ccc(OC(F)(F)F)cc1. The molecule has 0 aliphatic carbocycles. The maximum absolute atomic E-state index is 11.9. The largest absolute Gasteiger partial charge is 0.573 e. The van der Waals surface area contributed by atoms with E-state index in [1.807, 2.05) is 0 Å². The molecule has 17 heavy (non-hydrogen) atoms. The summed E-state index contributed by atoms with van der Waals surface area (Å²) in [4.78, 5) is 11.2. The van der Waals surface area contributed by atoms with E-state index in [-0.39, 0.29) is 11.5 Å². The fraction of sp³-hybridized carbons (Fsp3) is 0.364. The van der Waals surface area contributed by atoms with Gasteiger partial charge in [0.15, 0.2) is 5.78 Å². The third kappa shape index (κ3) is 4.07. The molecule has 1 atom stereocenters. The van der Waals surface area contributed by atoms with E-state index in [9.17, 15) is 18.0 Å². The summed E-state index contributed by atoms with van der Waals surface area (Å²) in [5.74, 6) is -0.420. The maximum Gasteiger partial charge on any atom is 0.573 e. The zero-order valence-corrected chi connectivity index (χ0v) is 9.34. The summed E-state index contributed by atoms with van der Waals surface area (Å²) in [7, 11) is 1.60. The van der Waals surface area contributed by atoms with Crippen molar-refractivity contribution in [3.05, 3.63) is 29.8 Å². The number of alkyl halides is 3. The fourth-order valence-electron chi connectivity index (χ4n) is 1.47. The van der Waals surface area contributed by atoms with Gasteiger partial charge in [-0.25, -0.2) is 0 Å². The van der Waals surface area contributed by atoms with Crippen LogP contribution in [0.5, 0.6) is 5.75 Å². The van der Waals surface area contributed by atoms with Crippen LogP contribution < -0.4 is 10.1 Å². The lowest BCUT2D eigenvalue weighted by Gasteiger charge is -2.14. The lowest BCUT2D eigenvalue weighted by molar-refractivity contribution is -0.274. The van der Waals surface area contributed by atoms with Crippen molar-refractivity contribution in [2.24, 2.45) is 0 Å². The van der Waals surface area contributed by atoms with Gasteiger partial charge in [-0.3, -0.25) is 4.79 Å². The van der Waals surface area contributed by atoms with Gasteiger partial charge in [-0.2, -0.15) is 0 Å². The van der Waals surface area contributed by atoms with Crippen molar-refractivity contribution < 1.29 is 22.7 Å². The van der Waals surface area contributed by atoms with Crippen LogP contribution in [-0.4, -0.2) is 19.2 Å². The molecule has 0 bridgehead atoms. The molecule has 0 aliphatic rings. The van der Waals surface area contributed by atoms with Gasteiger partial charge in [-0.05, 0) is 31.7 Å². The Morgan fingerprint density at radius 1 is 1.29 bits per heavy atom. The van der Waals surface area contributed by atoms with E-state index in [1.54, 1.807) is 7.05 Å². The summed E-state index contributed by atoms with van der Waals surface area (Å²) in [5.41, 5.74) is 0.592. The third-order valence-corrected chi connectivity index (χ3v) is 2.14. The van der Waals surface area contributed by atoms with Gasteiger partial charge in [-0.15, -0.1) is 13.2 Å². The molecule has 0 heterocycles. The monoisotopic (exact) mass is 247 g/mol. The minimum absolute atomic E-state index is 0.114. The third-order valence-electron chi connectivity index (χ3n) is 2.14. The Labute approximate surface area is 96.6 Å². The highest BCUT2D eigenvalue weighted by molar-refractivity contribution is 5.82. The predicted molar refractivity (Wildman–Crippen MR) is 55.6 cm³/mol. The van der Waals surface area contributed by atoms with Gasteiger partial charge < -0.3 is 10.1 Å². The van der Waals surface area contributed by atoms with Crippen molar-refractivity contribution >= 4 is 5.78 Å². The molecule has 0 spiro atoms. The minimum Gasteiger partial charge on any atom is -0.406 e. The first-order chi connectivity index (χ1) is 7.83. The van der Waals surface area contributed by atoms with Crippen LogP contribution in [0.3, 0.4) is 0 Å². The number of benzene rings is 1. The molecule has 0 saturated heterocycles. The highest BCUT2D eigenvalue weighted by Crippen LogP contribution is 2.24. The zero-order chi connectivity index (χ0) is 13.1. The van der Waals surface area contributed by atoms with Crippen LogP contribution in [0.2, 0.25) is 0 Å². The quantitative estimate of drug-likeness (QED) is 0.888. The van der Waals surface area contributed by atoms with Crippen LogP contribution in [0.1, 0.15) is 18.5 Å². The first-order valence-corrected chi connectivity index (χ1v) is 4.87. The number of hydrogen-bond donors (Lipinski definition) is 1. The van der Waals surface area contributed by atoms with Gasteiger partial charge in [0, 0.05) is 0 Å². The molecule has 1 aromatic rings. The number of ether oxygens (including phenoxy) is 1. The standard InChI is InChI=1S/C11H12F3NO2/c1-7(16)10(15-2)8-3-5-9(6-4-8)17-11(12,13)14/h3-6,10,15H,1-2H3. The molecule has 0 aromatic heterocycles. The van der Waals surface area contributed by atoms with E-state index in [0.29, 0.717) is 5.56 Å². The van der Waals surface area contributed by atoms with Crippen molar-refractivity contribution in [1.29, 1.82) is 0 Å². The number of hydrogen-bond acceptors (Lipinski definition) is 3. The Kier molecular flexibility index (Phi) is 4.11. The Balaban J connectivity index is 2.84. The van der Waals surface area contributed by atoms with Crippen molar-refractivity contribution in [3.8, 4) is 5.75 Å². The minimum atomic E-state index is -4.70. The molecule has 6 heteroatoms. The summed E-state index contributed by atoms with van der Waals surface area (Å²) in [6.45, 7) is 1.40. The van der Waals surface area contributed by atoms with E-state index < -0.39 is 12.4 Å². The number of ketones is 1. The molecule has 94 valence electrons. The molecule has 1 aromatic carbocycles. The lowest BCUT2D eigenvalue weighted by atomic mass is 10.0. The lowest BCUT2D eigenvalue weighted by Crippen LogP contribution is -2.23. The van der Waals surface area contributed by atoms with E-state index >= 15 is 0 Å². The Bertz CT molecular complexity index is 387. The Morgan fingerprint density at radius 3 is 2.18 bits per heavy atom. The second-order valence-electron chi connectivity index (χ2n) is 3.45. The van der Waals surface area contributed by atoms with E-state index in [4.69, 9.17) is 0 Å². The van der Waals surface area contributed by atoms with Crippen molar-refractivity contribution in [2.45, 2.75) is 19.3 Å². The van der Waals surface area contributed by atoms with Crippen LogP contribution in [0.4, 0.5) is 13.2 Å². The molecule has 3 nitrogen and oxygen atoms in total. The number of halogens is 3. The molecular weight excluding hydrogens is 235 g/mol. The highest BCUT2D eigenvalue weighted by Gasteiger charge is 2.31. The summed E-state index contributed by atoms with van der Waals surface area (Å²) in [6, 6.07) is 4.68. The average Bonchev–Trinajstić information content (AvgIpc) is 2.18. The normalized spacial score (nSPS) is 13.2. The maximum atomic E-state index is 11.9. The predicted octanol–water partition coefficient (Wildman–Crippen LogP) is 2.43. The van der Waals surface area contributed by atoms with Gasteiger partial charge in [0.2, 0.25) is 0 Å². The van der Waals surface area contributed by atoms with E-state index in [1.165, 1.54) is 31.2 Å². The first kappa shape index (κ1) is 13.5. The molecular formula is C11H12F3NO2. The van der Waals surface area contributed by atoms with Crippen molar-refractivity contribution in [2.75, 3.05) is 7.05 Å². The van der Waals surface area contributed by atoms with Gasteiger partial charge in [0.05, 0.1) is 6.04 Å². The van der Waals surface area contributed by atoms with Crippen molar-refractivity contribution in [1.82, 2.24) is 5.32 Å². The number of nitrogens with one attached hydrogen (secondary N) is 1. The molecule has 0 aliphatic heterocycles. The van der Waals surface area contributed by atoms with Crippen molar-refractivity contribution in [3.63, 3.8) is 0 Å². The molecule has 1 rings (SSSR count). The smallest absolute Gasteiger partial charge is 0.406 e. The van der Waals surface area contributed by atoms with Gasteiger partial charge in [0.1, 0.15) is 5.75 Å². The second kappa shape index (κ2) is 5.18. The van der Waals surface area contributed by atoms with Crippen LogP contribution in [0, 0.1) is 0 Å². The summed E-state index contributed by atoms with van der Waals surface area (Å²) >= 11 is 0. The molecule has 1 N–H and O–H groups in total. The molecule has 0 saturated carbocycles. The summed E-state index contributed by atoms with van der Waals surface area (Å²) in [6.07, 6.45) is -4.70. The number of carbonyl (C=O) groups excluding carboxylic acids is 1. The Hall–Kier alpha value is -1.56. The van der Waals surface area contributed by atoms with Crippen LogP contribution >= 0.6 is 0 Å². The highest BCUT2D eigenvalue weighted by atomic mass is 19.4. The Morgan fingerprint density at radius 2 is 1.82 bits per heavy atom.